The zero-order valence-electron chi connectivity index (χ0n) is 15.0. The second kappa shape index (κ2) is 8.01. The summed E-state index contributed by atoms with van der Waals surface area (Å²) in [5, 5.41) is 2.65. The number of H-pyrrole nitrogens is 1. The van der Waals surface area contributed by atoms with Gasteiger partial charge in [-0.1, -0.05) is 12.1 Å². The Kier molecular flexibility index (Phi) is 5.68. The van der Waals surface area contributed by atoms with Crippen molar-refractivity contribution < 1.29 is 22.7 Å². The molecule has 0 bridgehead atoms. The third kappa shape index (κ3) is 4.69. The Morgan fingerprint density at radius 2 is 1.89 bits per heavy atom. The molecule has 10 heteroatoms. The molecule has 0 aliphatic carbocycles. The van der Waals surface area contributed by atoms with E-state index in [0.29, 0.717) is 31.9 Å². The van der Waals surface area contributed by atoms with Crippen molar-refractivity contribution in [2.75, 3.05) is 31.2 Å². The lowest BCUT2D eigenvalue weighted by atomic mass is 10.1. The minimum atomic E-state index is -4.42. The van der Waals surface area contributed by atoms with Crippen molar-refractivity contribution >= 4 is 11.9 Å². The van der Waals surface area contributed by atoms with Gasteiger partial charge in [0, 0.05) is 19.2 Å². The highest BCUT2D eigenvalue weighted by molar-refractivity contribution is 5.92. The lowest BCUT2D eigenvalue weighted by molar-refractivity contribution is -0.137. The van der Waals surface area contributed by atoms with Gasteiger partial charge >= 0.3 is 6.18 Å². The Morgan fingerprint density at radius 1 is 1.25 bits per heavy atom. The molecular weight excluding hydrogens is 377 g/mol. The van der Waals surface area contributed by atoms with E-state index in [1.54, 1.807) is 11.8 Å². The van der Waals surface area contributed by atoms with Gasteiger partial charge in [-0.2, -0.15) is 13.2 Å². The molecule has 1 aliphatic heterocycles. The van der Waals surface area contributed by atoms with Gasteiger partial charge < -0.3 is 15.0 Å². The first kappa shape index (κ1) is 19.9. The van der Waals surface area contributed by atoms with Crippen molar-refractivity contribution in [3.8, 4) is 0 Å². The quantitative estimate of drug-likeness (QED) is 0.827. The summed E-state index contributed by atoms with van der Waals surface area (Å²) in [6.45, 7) is 3.69. The number of aromatic amines is 1. The minimum absolute atomic E-state index is 0.0657. The number of nitrogens with zero attached hydrogens (tertiary/aromatic N) is 2. The summed E-state index contributed by atoms with van der Waals surface area (Å²) in [6, 6.07) is 5.04. The molecule has 0 saturated carbocycles. The van der Waals surface area contributed by atoms with Crippen LogP contribution in [0.5, 0.6) is 0 Å². The first-order valence-electron chi connectivity index (χ1n) is 8.66. The number of amides is 1. The van der Waals surface area contributed by atoms with Gasteiger partial charge in [0.15, 0.2) is 0 Å². The zero-order chi connectivity index (χ0) is 20.3. The molecule has 3 rings (SSSR count). The molecule has 0 spiro atoms. The fourth-order valence-electron chi connectivity index (χ4n) is 2.80. The topological polar surface area (TPSA) is 87.3 Å². The van der Waals surface area contributed by atoms with Gasteiger partial charge in [-0.15, -0.1) is 0 Å². The summed E-state index contributed by atoms with van der Waals surface area (Å²) in [6.07, 6.45) is -4.42. The van der Waals surface area contributed by atoms with Gasteiger partial charge in [-0.25, -0.2) is 4.98 Å². The number of morpholine rings is 1. The van der Waals surface area contributed by atoms with E-state index in [4.69, 9.17) is 4.74 Å². The number of aromatic nitrogens is 2. The van der Waals surface area contributed by atoms with E-state index < -0.39 is 29.2 Å². The Labute approximate surface area is 158 Å². The first-order chi connectivity index (χ1) is 13.2. The third-order valence-corrected chi connectivity index (χ3v) is 4.36. The first-order valence-corrected chi connectivity index (χ1v) is 8.66. The second-order valence-electron chi connectivity index (χ2n) is 6.37. The standard InChI is InChI=1S/C18H19F3N4O3/c1-11(12-2-4-13(5-3-12)18(19,20)21)22-16(27)14-10-15(26)24-17(23-14)25-6-8-28-9-7-25/h2-5,10-11H,6-9H2,1H3,(H,22,27)(H,23,24,26). The van der Waals surface area contributed by atoms with E-state index >= 15 is 0 Å². The molecular formula is C18H19F3N4O3. The van der Waals surface area contributed by atoms with Crippen LogP contribution in [0.4, 0.5) is 19.1 Å². The molecule has 0 radical (unpaired) electrons. The van der Waals surface area contributed by atoms with Crippen molar-refractivity contribution in [1.29, 1.82) is 0 Å². The molecule has 2 aromatic rings. The molecule has 1 unspecified atom stereocenters. The number of hydrogen-bond donors (Lipinski definition) is 2. The van der Waals surface area contributed by atoms with Gasteiger partial charge in [0.25, 0.3) is 11.5 Å². The SMILES string of the molecule is CC(NC(=O)c1cc(=O)[nH]c(N2CCOCC2)n1)c1ccc(C(F)(F)F)cc1. The highest BCUT2D eigenvalue weighted by Crippen LogP contribution is 2.29. The lowest BCUT2D eigenvalue weighted by Gasteiger charge is -2.27. The predicted octanol–water partition coefficient (Wildman–Crippen LogP) is 2.12. The predicted molar refractivity (Wildman–Crippen MR) is 95.2 cm³/mol. The van der Waals surface area contributed by atoms with E-state index in [0.717, 1.165) is 18.2 Å². The Bertz CT molecular complexity index is 890. The van der Waals surface area contributed by atoms with Crippen LogP contribution in [0.1, 0.15) is 34.6 Å². The van der Waals surface area contributed by atoms with Crippen molar-refractivity contribution in [1.82, 2.24) is 15.3 Å². The van der Waals surface area contributed by atoms with Crippen molar-refractivity contribution in [2.45, 2.75) is 19.1 Å². The Morgan fingerprint density at radius 3 is 2.50 bits per heavy atom. The molecule has 7 nitrogen and oxygen atoms in total. The van der Waals surface area contributed by atoms with Crippen molar-refractivity contribution in [3.05, 3.63) is 57.5 Å². The fraction of sp³-hybridized carbons (Fsp3) is 0.389. The summed E-state index contributed by atoms with van der Waals surface area (Å²) in [4.78, 5) is 33.0. The van der Waals surface area contributed by atoms with E-state index in [9.17, 15) is 22.8 Å². The molecule has 150 valence electrons. The number of carbonyl (C=O) groups excluding carboxylic acids is 1. The summed E-state index contributed by atoms with van der Waals surface area (Å²) in [5.41, 5.74) is -0.798. The number of benzene rings is 1. The van der Waals surface area contributed by atoms with Crippen LogP contribution in [0, 0.1) is 0 Å². The zero-order valence-corrected chi connectivity index (χ0v) is 15.0. The van der Waals surface area contributed by atoms with Gasteiger partial charge in [0.1, 0.15) is 5.69 Å². The van der Waals surface area contributed by atoms with Crippen LogP contribution in [0.15, 0.2) is 35.1 Å². The molecule has 1 aromatic carbocycles. The largest absolute Gasteiger partial charge is 0.416 e. The number of ether oxygens (including phenoxy) is 1. The number of rotatable bonds is 4. The normalized spacial score (nSPS) is 15.9. The van der Waals surface area contributed by atoms with Crippen LogP contribution in [0.3, 0.4) is 0 Å². The number of halogens is 3. The van der Waals surface area contributed by atoms with E-state index in [1.807, 2.05) is 0 Å². The molecule has 1 atom stereocenters. The number of hydrogen-bond acceptors (Lipinski definition) is 5. The van der Waals surface area contributed by atoms with Crippen LogP contribution in [-0.4, -0.2) is 42.2 Å². The molecule has 2 heterocycles. The van der Waals surface area contributed by atoms with Crippen molar-refractivity contribution in [2.24, 2.45) is 0 Å². The molecule has 1 aromatic heterocycles. The smallest absolute Gasteiger partial charge is 0.378 e. The number of carbonyl (C=O) groups is 1. The molecule has 1 amide bonds. The maximum atomic E-state index is 12.7. The van der Waals surface area contributed by atoms with Crippen LogP contribution in [0.2, 0.25) is 0 Å². The van der Waals surface area contributed by atoms with E-state index in [-0.39, 0.29) is 11.6 Å². The minimum Gasteiger partial charge on any atom is -0.378 e. The maximum Gasteiger partial charge on any atom is 0.416 e. The molecule has 1 saturated heterocycles. The van der Waals surface area contributed by atoms with Crippen LogP contribution in [0.25, 0.3) is 0 Å². The van der Waals surface area contributed by atoms with Gasteiger partial charge in [-0.05, 0) is 24.6 Å². The average molecular weight is 396 g/mol. The average Bonchev–Trinajstić information content (AvgIpc) is 2.67. The molecule has 1 fully saturated rings. The van der Waals surface area contributed by atoms with Gasteiger partial charge in [0.05, 0.1) is 24.8 Å². The highest BCUT2D eigenvalue weighted by Gasteiger charge is 2.30. The van der Waals surface area contributed by atoms with E-state index in [2.05, 4.69) is 15.3 Å². The summed E-state index contributed by atoms with van der Waals surface area (Å²) in [7, 11) is 0. The Balaban J connectivity index is 1.73. The van der Waals surface area contributed by atoms with Crippen LogP contribution in [-0.2, 0) is 10.9 Å². The van der Waals surface area contributed by atoms with Gasteiger partial charge in [0.2, 0.25) is 5.95 Å². The number of alkyl halides is 3. The molecule has 28 heavy (non-hydrogen) atoms. The van der Waals surface area contributed by atoms with Crippen LogP contribution >= 0.6 is 0 Å². The Hall–Kier alpha value is -2.88. The molecule has 1 aliphatic rings. The lowest BCUT2D eigenvalue weighted by Crippen LogP contribution is -2.39. The van der Waals surface area contributed by atoms with Crippen molar-refractivity contribution in [3.63, 3.8) is 0 Å². The summed E-state index contributed by atoms with van der Waals surface area (Å²) < 4.78 is 43.2. The molecule has 2 N–H and O–H groups in total. The number of nitrogens with one attached hydrogen (secondary N) is 2. The van der Waals surface area contributed by atoms with E-state index in [1.165, 1.54) is 12.1 Å². The second-order valence-corrected chi connectivity index (χ2v) is 6.37. The fourth-order valence-corrected chi connectivity index (χ4v) is 2.80. The van der Waals surface area contributed by atoms with Gasteiger partial charge in [-0.3, -0.25) is 14.6 Å². The van der Waals surface area contributed by atoms with Crippen LogP contribution < -0.4 is 15.8 Å². The highest BCUT2D eigenvalue weighted by atomic mass is 19.4. The maximum absolute atomic E-state index is 12.7. The summed E-state index contributed by atoms with van der Waals surface area (Å²) >= 11 is 0. The summed E-state index contributed by atoms with van der Waals surface area (Å²) in [5.74, 6) is -0.309. The third-order valence-electron chi connectivity index (χ3n) is 4.36. The number of anilines is 1. The monoisotopic (exact) mass is 396 g/mol.